The van der Waals surface area contributed by atoms with E-state index in [1.54, 1.807) is 0 Å². The minimum atomic E-state index is 0.131. The van der Waals surface area contributed by atoms with Crippen LogP contribution in [0.2, 0.25) is 0 Å². The zero-order valence-electron chi connectivity index (χ0n) is 20.3. The number of nitrogens with zero attached hydrogens (tertiary/aromatic N) is 3. The molecule has 1 saturated heterocycles. The summed E-state index contributed by atoms with van der Waals surface area (Å²) in [4.78, 5) is 12.4. The van der Waals surface area contributed by atoms with Gasteiger partial charge in [0.05, 0.1) is 0 Å². The Bertz CT molecular complexity index is 1030. The van der Waals surface area contributed by atoms with Crippen molar-refractivity contribution in [2.24, 2.45) is 0 Å². The molecular formula is C29H37N3. The van der Waals surface area contributed by atoms with E-state index in [4.69, 9.17) is 9.97 Å². The first-order chi connectivity index (χ1) is 15.3. The number of hydrogen-bond donors (Lipinski definition) is 0. The molecule has 1 aromatic carbocycles. The Kier molecular flexibility index (Phi) is 6.64. The second kappa shape index (κ2) is 9.44. The van der Waals surface area contributed by atoms with Gasteiger partial charge >= 0.3 is 0 Å². The monoisotopic (exact) mass is 427 g/mol. The maximum Gasteiger partial charge on any atom is 0.128 e. The Morgan fingerprint density at radius 2 is 1.81 bits per heavy atom. The van der Waals surface area contributed by atoms with Crippen molar-refractivity contribution < 1.29 is 0 Å². The Hall–Kier alpha value is -2.68. The highest BCUT2D eigenvalue weighted by Crippen LogP contribution is 2.32. The molecule has 168 valence electrons. The molecule has 3 heterocycles. The third kappa shape index (κ3) is 5.38. The van der Waals surface area contributed by atoms with Gasteiger partial charge in [-0.3, -0.25) is 4.98 Å². The maximum absolute atomic E-state index is 5.17. The van der Waals surface area contributed by atoms with Crippen molar-refractivity contribution in [2.45, 2.75) is 71.1 Å². The predicted octanol–water partition coefficient (Wildman–Crippen LogP) is 6.87. The molecule has 0 bridgehead atoms. The van der Waals surface area contributed by atoms with Gasteiger partial charge in [0.25, 0.3) is 0 Å². The SMILES string of the molecule is CC(C)c1cc(Cc2ccccc2)nc(C2CCCN(c3cc(C(C)(C)C)ccn3)C2)c1. The summed E-state index contributed by atoms with van der Waals surface area (Å²) in [6, 6.07) is 19.8. The zero-order chi connectivity index (χ0) is 22.7. The highest BCUT2D eigenvalue weighted by Gasteiger charge is 2.25. The summed E-state index contributed by atoms with van der Waals surface area (Å²) >= 11 is 0. The van der Waals surface area contributed by atoms with Gasteiger partial charge in [0.15, 0.2) is 0 Å². The van der Waals surface area contributed by atoms with E-state index in [9.17, 15) is 0 Å². The molecule has 1 atom stereocenters. The average molecular weight is 428 g/mol. The first-order valence-electron chi connectivity index (χ1n) is 12.1. The third-order valence-electron chi connectivity index (χ3n) is 6.59. The fourth-order valence-corrected chi connectivity index (χ4v) is 4.56. The molecule has 3 nitrogen and oxygen atoms in total. The lowest BCUT2D eigenvalue weighted by molar-refractivity contribution is 0.496. The zero-order valence-corrected chi connectivity index (χ0v) is 20.3. The van der Waals surface area contributed by atoms with Crippen LogP contribution in [-0.4, -0.2) is 23.1 Å². The first kappa shape index (κ1) is 22.5. The summed E-state index contributed by atoms with van der Waals surface area (Å²) in [5, 5.41) is 0. The van der Waals surface area contributed by atoms with Crippen molar-refractivity contribution in [1.29, 1.82) is 0 Å². The lowest BCUT2D eigenvalue weighted by Gasteiger charge is -2.34. The van der Waals surface area contributed by atoms with Gasteiger partial charge in [-0.1, -0.05) is 65.0 Å². The number of pyridine rings is 2. The van der Waals surface area contributed by atoms with E-state index < -0.39 is 0 Å². The first-order valence-corrected chi connectivity index (χ1v) is 12.1. The van der Waals surface area contributed by atoms with Crippen LogP contribution in [0.1, 0.15) is 87.4 Å². The Labute approximate surface area is 193 Å². The highest BCUT2D eigenvalue weighted by molar-refractivity contribution is 5.44. The Morgan fingerprint density at radius 3 is 2.53 bits per heavy atom. The number of rotatable bonds is 5. The van der Waals surface area contributed by atoms with Gasteiger partial charge in [0, 0.05) is 43.0 Å². The van der Waals surface area contributed by atoms with Crippen molar-refractivity contribution >= 4 is 5.82 Å². The molecule has 1 aliphatic rings. The van der Waals surface area contributed by atoms with Gasteiger partial charge < -0.3 is 4.90 Å². The summed E-state index contributed by atoms with van der Waals surface area (Å²) in [5.41, 5.74) is 6.62. The van der Waals surface area contributed by atoms with E-state index in [1.165, 1.54) is 40.9 Å². The van der Waals surface area contributed by atoms with Crippen LogP contribution in [0.5, 0.6) is 0 Å². The number of piperidine rings is 1. The van der Waals surface area contributed by atoms with Gasteiger partial charge in [0.1, 0.15) is 5.82 Å². The molecule has 0 amide bonds. The van der Waals surface area contributed by atoms with E-state index in [1.807, 2.05) is 6.20 Å². The summed E-state index contributed by atoms with van der Waals surface area (Å²) in [6.07, 6.45) is 5.22. The van der Waals surface area contributed by atoms with Gasteiger partial charge in [-0.15, -0.1) is 0 Å². The van der Waals surface area contributed by atoms with Crippen LogP contribution in [0, 0.1) is 0 Å². The van der Waals surface area contributed by atoms with Crippen LogP contribution in [0.25, 0.3) is 0 Å². The molecular weight excluding hydrogens is 390 g/mol. The highest BCUT2D eigenvalue weighted by atomic mass is 15.2. The van der Waals surface area contributed by atoms with Gasteiger partial charge in [-0.05, 0) is 65.1 Å². The molecule has 0 N–H and O–H groups in total. The average Bonchev–Trinajstić information content (AvgIpc) is 2.79. The second-order valence-electron chi connectivity index (χ2n) is 10.6. The fraction of sp³-hybridized carbons (Fsp3) is 0.448. The Morgan fingerprint density at radius 1 is 1.03 bits per heavy atom. The standard InChI is InChI=1S/C29H37N3/c1-21(2)24-17-26(16-22-10-7-6-8-11-22)31-27(18-24)23-12-9-15-32(20-23)28-19-25(13-14-30-28)29(3,4)5/h6-8,10-11,13-14,17-19,21,23H,9,12,15-16,20H2,1-5H3. The number of benzene rings is 1. The van der Waals surface area contributed by atoms with Crippen LogP contribution < -0.4 is 4.90 Å². The van der Waals surface area contributed by atoms with Gasteiger partial charge in [0.2, 0.25) is 0 Å². The summed E-state index contributed by atoms with van der Waals surface area (Å²) in [7, 11) is 0. The molecule has 2 aromatic heterocycles. The van der Waals surface area contributed by atoms with Crippen molar-refractivity contribution in [1.82, 2.24) is 9.97 Å². The molecule has 0 saturated carbocycles. The van der Waals surface area contributed by atoms with E-state index >= 15 is 0 Å². The lowest BCUT2D eigenvalue weighted by Crippen LogP contribution is -2.35. The number of aromatic nitrogens is 2. The minimum Gasteiger partial charge on any atom is -0.356 e. The largest absolute Gasteiger partial charge is 0.356 e. The Balaban J connectivity index is 1.60. The topological polar surface area (TPSA) is 29.0 Å². The number of hydrogen-bond acceptors (Lipinski definition) is 3. The smallest absolute Gasteiger partial charge is 0.128 e. The van der Waals surface area contributed by atoms with Crippen LogP contribution >= 0.6 is 0 Å². The third-order valence-corrected chi connectivity index (χ3v) is 6.59. The molecule has 1 unspecified atom stereocenters. The lowest BCUT2D eigenvalue weighted by atomic mass is 9.87. The van der Waals surface area contributed by atoms with E-state index in [2.05, 4.69) is 94.1 Å². The molecule has 0 radical (unpaired) electrons. The molecule has 3 aromatic rings. The fourth-order valence-electron chi connectivity index (χ4n) is 4.56. The normalized spacial score (nSPS) is 17.1. The van der Waals surface area contributed by atoms with E-state index in [0.29, 0.717) is 11.8 Å². The molecule has 1 aliphatic heterocycles. The van der Waals surface area contributed by atoms with E-state index in [-0.39, 0.29) is 5.41 Å². The van der Waals surface area contributed by atoms with Gasteiger partial charge in [-0.25, -0.2) is 4.98 Å². The molecule has 1 fully saturated rings. The molecule has 0 aliphatic carbocycles. The molecule has 3 heteroatoms. The maximum atomic E-state index is 5.17. The van der Waals surface area contributed by atoms with Crippen molar-refractivity contribution in [3.05, 3.63) is 88.9 Å². The molecule has 4 rings (SSSR count). The molecule has 32 heavy (non-hydrogen) atoms. The van der Waals surface area contributed by atoms with Crippen LogP contribution in [0.3, 0.4) is 0 Å². The van der Waals surface area contributed by atoms with Crippen LogP contribution in [0.15, 0.2) is 60.8 Å². The van der Waals surface area contributed by atoms with Crippen molar-refractivity contribution in [3.63, 3.8) is 0 Å². The summed E-state index contributed by atoms with van der Waals surface area (Å²) in [5.74, 6) is 2.04. The van der Waals surface area contributed by atoms with Crippen LogP contribution in [-0.2, 0) is 11.8 Å². The molecule has 0 spiro atoms. The van der Waals surface area contributed by atoms with Gasteiger partial charge in [-0.2, -0.15) is 0 Å². The van der Waals surface area contributed by atoms with Crippen molar-refractivity contribution in [2.75, 3.05) is 18.0 Å². The minimum absolute atomic E-state index is 0.131. The predicted molar refractivity (Wildman–Crippen MR) is 135 cm³/mol. The number of anilines is 1. The summed E-state index contributed by atoms with van der Waals surface area (Å²) in [6.45, 7) is 13.4. The van der Waals surface area contributed by atoms with E-state index in [0.717, 1.165) is 25.3 Å². The summed E-state index contributed by atoms with van der Waals surface area (Å²) < 4.78 is 0. The van der Waals surface area contributed by atoms with Crippen molar-refractivity contribution in [3.8, 4) is 0 Å². The second-order valence-corrected chi connectivity index (χ2v) is 10.6. The quantitative estimate of drug-likeness (QED) is 0.445. The van der Waals surface area contributed by atoms with Crippen LogP contribution in [0.4, 0.5) is 5.82 Å².